The van der Waals surface area contributed by atoms with Gasteiger partial charge in [-0.2, -0.15) is 5.26 Å². The van der Waals surface area contributed by atoms with Gasteiger partial charge in [0.1, 0.15) is 23.1 Å². The fraction of sp³-hybridized carbons (Fsp3) is 0.138. The van der Waals surface area contributed by atoms with Crippen LogP contribution in [0, 0.1) is 11.3 Å². The lowest BCUT2D eigenvalue weighted by Crippen LogP contribution is -2.23. The van der Waals surface area contributed by atoms with Gasteiger partial charge in [0.05, 0.1) is 21.3 Å². The van der Waals surface area contributed by atoms with Crippen molar-refractivity contribution in [2.75, 3.05) is 21.3 Å². The topological polar surface area (TPSA) is 107 Å². The number of hydrogen-bond acceptors (Lipinski definition) is 7. The minimum Gasteiger partial charge on any atom is -0.497 e. The Hall–Kier alpha value is -5.03. The number of amides is 1. The zero-order chi connectivity index (χ0) is 26.6. The summed E-state index contributed by atoms with van der Waals surface area (Å²) in [5, 5.41) is 12.2. The number of nitrogens with zero attached hydrogens (tertiary/aromatic N) is 1. The number of esters is 1. The monoisotopic (exact) mass is 498 g/mol. The predicted octanol–water partition coefficient (Wildman–Crippen LogP) is 4.55. The first kappa shape index (κ1) is 26.6. The molecule has 1 N–H and O–H groups in total. The molecule has 8 nitrogen and oxygen atoms in total. The molecule has 0 atom stereocenters. The highest BCUT2D eigenvalue weighted by Crippen LogP contribution is 2.30. The molecule has 1 amide bonds. The van der Waals surface area contributed by atoms with Crippen molar-refractivity contribution >= 4 is 24.0 Å². The normalized spacial score (nSPS) is 10.9. The van der Waals surface area contributed by atoms with E-state index in [0.717, 1.165) is 5.56 Å². The Balaban J connectivity index is 1.70. The summed E-state index contributed by atoms with van der Waals surface area (Å²) in [7, 11) is 4.50. The molecule has 8 heteroatoms. The summed E-state index contributed by atoms with van der Waals surface area (Å²) < 4.78 is 21.3. The van der Waals surface area contributed by atoms with Crippen LogP contribution in [0.5, 0.6) is 23.0 Å². The van der Waals surface area contributed by atoms with Crippen molar-refractivity contribution in [3.63, 3.8) is 0 Å². The van der Waals surface area contributed by atoms with E-state index in [2.05, 4.69) is 5.32 Å². The van der Waals surface area contributed by atoms with Crippen molar-refractivity contribution in [3.05, 3.63) is 95.1 Å². The summed E-state index contributed by atoms with van der Waals surface area (Å²) in [5.41, 5.74) is 2.04. The maximum atomic E-state index is 12.5. The average molecular weight is 499 g/mol. The van der Waals surface area contributed by atoms with Crippen molar-refractivity contribution in [1.82, 2.24) is 5.32 Å². The molecule has 0 aromatic heterocycles. The molecule has 3 rings (SSSR count). The highest BCUT2D eigenvalue weighted by Gasteiger charge is 2.12. The number of carbonyl (C=O) groups is 2. The van der Waals surface area contributed by atoms with Gasteiger partial charge in [-0.05, 0) is 47.5 Å². The van der Waals surface area contributed by atoms with Gasteiger partial charge in [0.15, 0.2) is 11.5 Å². The minimum absolute atomic E-state index is 0.0703. The quantitative estimate of drug-likeness (QED) is 0.189. The molecule has 3 aromatic carbocycles. The summed E-state index contributed by atoms with van der Waals surface area (Å²) in [6.45, 7) is 0.298. The minimum atomic E-state index is -0.627. The number of benzene rings is 3. The van der Waals surface area contributed by atoms with Gasteiger partial charge >= 0.3 is 5.97 Å². The van der Waals surface area contributed by atoms with Gasteiger partial charge in [-0.1, -0.05) is 36.4 Å². The maximum absolute atomic E-state index is 12.5. The Kier molecular flexibility index (Phi) is 9.45. The van der Waals surface area contributed by atoms with Gasteiger partial charge in [-0.25, -0.2) is 4.79 Å². The molecular formula is C29H26N2O6. The molecule has 0 saturated heterocycles. The summed E-state index contributed by atoms with van der Waals surface area (Å²) in [4.78, 5) is 24.9. The van der Waals surface area contributed by atoms with Crippen molar-refractivity contribution in [2.45, 2.75) is 6.54 Å². The zero-order valence-corrected chi connectivity index (χ0v) is 20.7. The molecule has 0 spiro atoms. The molecule has 0 aliphatic rings. The first-order valence-electron chi connectivity index (χ1n) is 11.2. The number of ether oxygens (including phenoxy) is 4. The predicted molar refractivity (Wildman–Crippen MR) is 139 cm³/mol. The van der Waals surface area contributed by atoms with Gasteiger partial charge in [0.2, 0.25) is 0 Å². The van der Waals surface area contributed by atoms with Crippen molar-refractivity contribution in [2.24, 2.45) is 0 Å². The molecule has 0 heterocycles. The van der Waals surface area contributed by atoms with Crippen LogP contribution in [0.25, 0.3) is 12.2 Å². The summed E-state index contributed by atoms with van der Waals surface area (Å²) in [6, 6.07) is 21.2. The second kappa shape index (κ2) is 13.2. The van der Waals surface area contributed by atoms with Crippen LogP contribution in [0.2, 0.25) is 0 Å². The third kappa shape index (κ3) is 7.47. The number of carbonyl (C=O) groups excluding carboxylic acids is 2. The zero-order valence-electron chi connectivity index (χ0n) is 20.7. The summed E-state index contributed by atoms with van der Waals surface area (Å²) in [6.07, 6.45) is 4.27. The van der Waals surface area contributed by atoms with Gasteiger partial charge in [-0.15, -0.1) is 0 Å². The average Bonchev–Trinajstić information content (AvgIpc) is 2.94. The first-order chi connectivity index (χ1) is 18.0. The van der Waals surface area contributed by atoms with Gasteiger partial charge in [-0.3, -0.25) is 4.79 Å². The molecule has 3 aromatic rings. The molecule has 188 valence electrons. The number of rotatable bonds is 10. The van der Waals surface area contributed by atoms with Crippen LogP contribution < -0.4 is 24.3 Å². The van der Waals surface area contributed by atoms with E-state index in [9.17, 15) is 14.9 Å². The third-order valence-corrected chi connectivity index (χ3v) is 5.21. The number of hydrogen-bond donors (Lipinski definition) is 1. The van der Waals surface area contributed by atoms with Gasteiger partial charge in [0.25, 0.3) is 5.91 Å². The van der Waals surface area contributed by atoms with Crippen LogP contribution in [0.3, 0.4) is 0 Å². The van der Waals surface area contributed by atoms with Crippen LogP contribution in [0.4, 0.5) is 0 Å². The lowest BCUT2D eigenvalue weighted by Gasteiger charge is -2.10. The van der Waals surface area contributed by atoms with E-state index in [1.54, 1.807) is 43.5 Å². The second-order valence-electron chi connectivity index (χ2n) is 7.61. The molecule has 0 unspecified atom stereocenters. The van der Waals surface area contributed by atoms with Crippen molar-refractivity contribution < 1.29 is 28.5 Å². The highest BCUT2D eigenvalue weighted by atomic mass is 16.6. The van der Waals surface area contributed by atoms with E-state index < -0.39 is 11.9 Å². The van der Waals surface area contributed by atoms with Crippen LogP contribution in [0.1, 0.15) is 16.7 Å². The highest BCUT2D eigenvalue weighted by molar-refractivity contribution is 6.01. The largest absolute Gasteiger partial charge is 0.497 e. The summed E-state index contributed by atoms with van der Waals surface area (Å²) in [5.74, 6) is 0.488. The smallest absolute Gasteiger partial charge is 0.336 e. The Morgan fingerprint density at radius 1 is 0.892 bits per heavy atom. The number of methoxy groups -OCH3 is 3. The maximum Gasteiger partial charge on any atom is 0.336 e. The molecule has 0 aliphatic carbocycles. The molecule has 0 bridgehead atoms. The first-order valence-corrected chi connectivity index (χ1v) is 11.2. The molecule has 0 saturated carbocycles. The standard InChI is InChI=1S/C29H26N2O6/c1-34-24-12-10-22(26(17-24)35-2)11-14-28(32)37-25-13-9-21(16-27(25)36-3)15-23(18-30)29(33)31-19-20-7-5-4-6-8-20/h4-17H,19H2,1-3H3,(H,31,33)/b14-11+,23-15+. The van der Waals surface area contributed by atoms with E-state index >= 15 is 0 Å². The SMILES string of the molecule is COc1ccc(/C=C/C(=O)Oc2ccc(/C=C(\C#N)C(=O)NCc3ccccc3)cc2OC)c(OC)c1. The van der Waals surface area contributed by atoms with E-state index in [0.29, 0.717) is 29.2 Å². The third-order valence-electron chi connectivity index (χ3n) is 5.21. The van der Waals surface area contributed by atoms with E-state index in [1.807, 2.05) is 36.4 Å². The van der Waals surface area contributed by atoms with E-state index in [-0.39, 0.29) is 17.1 Å². The lowest BCUT2D eigenvalue weighted by atomic mass is 10.1. The lowest BCUT2D eigenvalue weighted by molar-refractivity contribution is -0.129. The Bertz CT molecular complexity index is 1360. The van der Waals surface area contributed by atoms with Crippen LogP contribution in [0.15, 0.2) is 78.4 Å². The van der Waals surface area contributed by atoms with Crippen molar-refractivity contribution in [3.8, 4) is 29.1 Å². The molecular weight excluding hydrogens is 472 g/mol. The summed E-state index contributed by atoms with van der Waals surface area (Å²) >= 11 is 0. The Morgan fingerprint density at radius 3 is 2.32 bits per heavy atom. The van der Waals surface area contributed by atoms with Crippen LogP contribution >= 0.6 is 0 Å². The van der Waals surface area contributed by atoms with Crippen LogP contribution in [-0.2, 0) is 16.1 Å². The Morgan fingerprint density at radius 2 is 1.65 bits per heavy atom. The second-order valence-corrected chi connectivity index (χ2v) is 7.61. The van der Waals surface area contributed by atoms with E-state index in [4.69, 9.17) is 18.9 Å². The molecule has 0 radical (unpaired) electrons. The molecule has 37 heavy (non-hydrogen) atoms. The van der Waals surface area contributed by atoms with Gasteiger partial charge in [0, 0.05) is 24.3 Å². The fourth-order valence-corrected chi connectivity index (χ4v) is 3.30. The number of nitrogens with one attached hydrogen (secondary N) is 1. The fourth-order valence-electron chi connectivity index (χ4n) is 3.30. The molecule has 0 fully saturated rings. The van der Waals surface area contributed by atoms with Gasteiger partial charge < -0.3 is 24.3 Å². The number of nitriles is 1. The van der Waals surface area contributed by atoms with E-state index in [1.165, 1.54) is 32.4 Å². The molecule has 0 aliphatic heterocycles. The Labute approximate surface area is 215 Å². The van der Waals surface area contributed by atoms with Crippen molar-refractivity contribution in [1.29, 1.82) is 5.26 Å². The van der Waals surface area contributed by atoms with Crippen LogP contribution in [-0.4, -0.2) is 33.2 Å².